The van der Waals surface area contributed by atoms with Crippen LogP contribution in [0.5, 0.6) is 0 Å². The van der Waals surface area contributed by atoms with Gasteiger partial charge in [0.05, 0.1) is 0 Å². The monoisotopic (exact) mass is 360 g/mol. The summed E-state index contributed by atoms with van der Waals surface area (Å²) in [6, 6.07) is 16.6. The van der Waals surface area contributed by atoms with Gasteiger partial charge >= 0.3 is 0 Å². The van der Waals surface area contributed by atoms with Gasteiger partial charge in [0.15, 0.2) is 0 Å². The van der Waals surface area contributed by atoms with Crippen LogP contribution >= 0.6 is 0 Å². The lowest BCUT2D eigenvalue weighted by atomic mass is 9.74. The van der Waals surface area contributed by atoms with Crippen molar-refractivity contribution in [3.8, 4) is 0 Å². The molecule has 144 valence electrons. The fourth-order valence-corrected chi connectivity index (χ4v) is 5.52. The van der Waals surface area contributed by atoms with Crippen molar-refractivity contribution in [1.82, 2.24) is 0 Å². The van der Waals surface area contributed by atoms with E-state index < -0.39 is 0 Å². The number of aryl methyl sites for hydroxylation is 1. The maximum Gasteiger partial charge on any atom is 0.00951 e. The molecular weight excluding hydrogens is 324 g/mol. The average molecular weight is 361 g/mol. The van der Waals surface area contributed by atoms with Crippen LogP contribution in [0.25, 0.3) is 0 Å². The topological polar surface area (TPSA) is 0 Å². The van der Waals surface area contributed by atoms with E-state index in [2.05, 4.69) is 56.3 Å². The lowest BCUT2D eigenvalue weighted by Crippen LogP contribution is -2.16. The third kappa shape index (κ3) is 4.31. The van der Waals surface area contributed by atoms with Gasteiger partial charge in [-0.1, -0.05) is 101 Å². The van der Waals surface area contributed by atoms with E-state index in [4.69, 9.17) is 0 Å². The molecule has 0 aliphatic heterocycles. The van der Waals surface area contributed by atoms with Gasteiger partial charge in [-0.25, -0.2) is 0 Å². The molecule has 0 N–H and O–H groups in total. The van der Waals surface area contributed by atoms with Crippen LogP contribution in [0.2, 0.25) is 0 Å². The zero-order chi connectivity index (χ0) is 18.6. The van der Waals surface area contributed by atoms with Crippen LogP contribution < -0.4 is 0 Å². The first-order valence-corrected chi connectivity index (χ1v) is 11.4. The summed E-state index contributed by atoms with van der Waals surface area (Å²) in [5.74, 6) is 2.57. The van der Waals surface area contributed by atoms with Gasteiger partial charge in [0, 0.05) is 5.92 Å². The summed E-state index contributed by atoms with van der Waals surface area (Å²) in [6.07, 6.45) is 13.6. The first kappa shape index (κ1) is 18.8. The molecule has 1 atom stereocenters. The van der Waals surface area contributed by atoms with Gasteiger partial charge in [0.2, 0.25) is 0 Å². The highest BCUT2D eigenvalue weighted by Crippen LogP contribution is 2.41. The molecule has 2 aliphatic carbocycles. The summed E-state index contributed by atoms with van der Waals surface area (Å²) in [7, 11) is 0. The van der Waals surface area contributed by atoms with Gasteiger partial charge in [-0.3, -0.25) is 0 Å². The van der Waals surface area contributed by atoms with Gasteiger partial charge < -0.3 is 0 Å². The van der Waals surface area contributed by atoms with Gasteiger partial charge in [0.1, 0.15) is 0 Å². The van der Waals surface area contributed by atoms with Crippen molar-refractivity contribution in [3.63, 3.8) is 0 Å². The van der Waals surface area contributed by atoms with Gasteiger partial charge in [-0.15, -0.1) is 0 Å². The van der Waals surface area contributed by atoms with E-state index in [1.165, 1.54) is 63.4 Å². The van der Waals surface area contributed by atoms with Crippen molar-refractivity contribution in [2.75, 3.05) is 0 Å². The number of rotatable bonds is 6. The van der Waals surface area contributed by atoms with Crippen molar-refractivity contribution in [3.05, 3.63) is 70.3 Å². The molecule has 0 heterocycles. The van der Waals surface area contributed by atoms with E-state index in [0.29, 0.717) is 5.92 Å². The number of benzene rings is 2. The summed E-state index contributed by atoms with van der Waals surface area (Å²) >= 11 is 0. The SMILES string of the molecule is CCCc1ccc2c(c1)C(CCCC1CCC(C)CC1)c1ccccc1C2. The van der Waals surface area contributed by atoms with Crippen LogP contribution in [-0.4, -0.2) is 0 Å². The molecule has 2 aliphatic rings. The zero-order valence-electron chi connectivity index (χ0n) is 17.3. The molecule has 0 amide bonds. The molecule has 0 aromatic heterocycles. The Morgan fingerprint density at radius 2 is 1.63 bits per heavy atom. The molecule has 0 nitrogen and oxygen atoms in total. The van der Waals surface area contributed by atoms with Crippen LogP contribution in [0, 0.1) is 11.8 Å². The normalized spacial score (nSPS) is 24.3. The van der Waals surface area contributed by atoms with E-state index in [9.17, 15) is 0 Å². The van der Waals surface area contributed by atoms with E-state index >= 15 is 0 Å². The fourth-order valence-electron chi connectivity index (χ4n) is 5.52. The number of hydrogen-bond donors (Lipinski definition) is 0. The molecule has 0 spiro atoms. The minimum absolute atomic E-state index is 0.615. The molecule has 27 heavy (non-hydrogen) atoms. The number of hydrogen-bond acceptors (Lipinski definition) is 0. The molecule has 0 bridgehead atoms. The van der Waals surface area contributed by atoms with E-state index in [1.54, 1.807) is 22.3 Å². The molecule has 2 aromatic rings. The van der Waals surface area contributed by atoms with Gasteiger partial charge in [0.25, 0.3) is 0 Å². The van der Waals surface area contributed by atoms with Crippen molar-refractivity contribution in [2.24, 2.45) is 11.8 Å². The molecule has 1 saturated carbocycles. The second-order valence-electron chi connectivity index (χ2n) is 9.27. The second kappa shape index (κ2) is 8.63. The van der Waals surface area contributed by atoms with Gasteiger partial charge in [-0.05, 0) is 58.9 Å². The fraction of sp³-hybridized carbons (Fsp3) is 0.556. The molecule has 1 fully saturated rings. The first-order chi connectivity index (χ1) is 13.2. The third-order valence-electron chi connectivity index (χ3n) is 7.18. The Morgan fingerprint density at radius 3 is 2.44 bits per heavy atom. The molecule has 1 unspecified atom stereocenters. The summed E-state index contributed by atoms with van der Waals surface area (Å²) in [6.45, 7) is 4.72. The lowest BCUT2D eigenvalue weighted by molar-refractivity contribution is 0.271. The molecule has 2 aromatic carbocycles. The van der Waals surface area contributed by atoms with E-state index in [-0.39, 0.29) is 0 Å². The van der Waals surface area contributed by atoms with Crippen LogP contribution in [0.1, 0.15) is 98.9 Å². The number of fused-ring (bicyclic) bond motifs is 2. The standard InChI is InChI=1S/C27H36/c1-3-7-22-16-17-24-19-23-9-4-5-10-25(23)26(27(24)18-22)11-6-8-21-14-12-20(2)13-15-21/h4-5,9-10,16-18,20-21,26H,3,6-8,11-15,19H2,1-2H3. The highest BCUT2D eigenvalue weighted by Gasteiger charge is 2.26. The van der Waals surface area contributed by atoms with Crippen LogP contribution in [0.3, 0.4) is 0 Å². The highest BCUT2D eigenvalue weighted by molar-refractivity contribution is 5.50. The molecule has 0 radical (unpaired) electrons. The van der Waals surface area contributed by atoms with Crippen molar-refractivity contribution in [1.29, 1.82) is 0 Å². The molecular formula is C27H36. The third-order valence-corrected chi connectivity index (χ3v) is 7.18. The summed E-state index contributed by atoms with van der Waals surface area (Å²) in [5.41, 5.74) is 7.91. The predicted molar refractivity (Wildman–Crippen MR) is 117 cm³/mol. The minimum Gasteiger partial charge on any atom is -0.0651 e. The summed E-state index contributed by atoms with van der Waals surface area (Å²) < 4.78 is 0. The van der Waals surface area contributed by atoms with Crippen LogP contribution in [-0.2, 0) is 12.8 Å². The predicted octanol–water partition coefficient (Wildman–Crippen LogP) is 7.67. The first-order valence-electron chi connectivity index (χ1n) is 11.4. The Hall–Kier alpha value is -1.56. The van der Waals surface area contributed by atoms with Crippen LogP contribution in [0.15, 0.2) is 42.5 Å². The molecule has 4 rings (SSSR count). The molecule has 0 saturated heterocycles. The van der Waals surface area contributed by atoms with E-state index in [1.807, 2.05) is 0 Å². The minimum atomic E-state index is 0.615. The quantitative estimate of drug-likeness (QED) is 0.495. The highest BCUT2D eigenvalue weighted by atomic mass is 14.3. The van der Waals surface area contributed by atoms with Crippen LogP contribution in [0.4, 0.5) is 0 Å². The lowest BCUT2D eigenvalue weighted by Gasteiger charge is -2.30. The molecule has 0 heteroatoms. The summed E-state index contributed by atoms with van der Waals surface area (Å²) in [4.78, 5) is 0. The van der Waals surface area contributed by atoms with Crippen molar-refractivity contribution in [2.45, 2.75) is 84.0 Å². The Morgan fingerprint density at radius 1 is 0.852 bits per heavy atom. The Balaban J connectivity index is 1.51. The second-order valence-corrected chi connectivity index (χ2v) is 9.27. The maximum atomic E-state index is 2.54. The van der Waals surface area contributed by atoms with Crippen molar-refractivity contribution < 1.29 is 0 Å². The average Bonchev–Trinajstić information content (AvgIpc) is 2.69. The Bertz CT molecular complexity index is 748. The van der Waals surface area contributed by atoms with Gasteiger partial charge in [-0.2, -0.15) is 0 Å². The zero-order valence-corrected chi connectivity index (χ0v) is 17.3. The van der Waals surface area contributed by atoms with Crippen molar-refractivity contribution >= 4 is 0 Å². The Kier molecular flexibility index (Phi) is 6.01. The smallest absolute Gasteiger partial charge is 0.00951 e. The largest absolute Gasteiger partial charge is 0.0651 e. The maximum absolute atomic E-state index is 2.54. The summed E-state index contributed by atoms with van der Waals surface area (Å²) in [5, 5.41) is 0. The Labute approximate surface area is 166 Å². The van der Waals surface area contributed by atoms with E-state index in [0.717, 1.165) is 18.3 Å².